The molecule has 0 spiro atoms. The molecule has 0 radical (unpaired) electrons. The van der Waals surface area contributed by atoms with Gasteiger partial charge >= 0.3 is 0 Å². The summed E-state index contributed by atoms with van der Waals surface area (Å²) in [7, 11) is 0. The van der Waals surface area contributed by atoms with E-state index in [2.05, 4.69) is 18.2 Å². The lowest BCUT2D eigenvalue weighted by Crippen LogP contribution is -2.56. The van der Waals surface area contributed by atoms with Crippen molar-refractivity contribution in [1.29, 1.82) is 0 Å². The Bertz CT molecular complexity index is 699. The van der Waals surface area contributed by atoms with Crippen LogP contribution in [0.1, 0.15) is 52.4 Å². The van der Waals surface area contributed by atoms with E-state index in [0.717, 1.165) is 31.3 Å². The van der Waals surface area contributed by atoms with Gasteiger partial charge in [-0.2, -0.15) is 0 Å². The van der Waals surface area contributed by atoms with Gasteiger partial charge in [-0.25, -0.2) is 4.39 Å². The number of hydrogen-bond acceptors (Lipinski definition) is 3. The predicted octanol–water partition coefficient (Wildman–Crippen LogP) is 3.16. The minimum atomic E-state index is -1.49. The number of aliphatic hydroxyl groups is 3. The molecule has 0 amide bonds. The highest BCUT2D eigenvalue weighted by Gasteiger charge is 2.67. The molecule has 0 bridgehead atoms. The number of aliphatic hydroxyl groups excluding tert-OH is 2. The van der Waals surface area contributed by atoms with Crippen LogP contribution in [0, 0.1) is 39.9 Å². The topological polar surface area (TPSA) is 60.7 Å². The van der Waals surface area contributed by atoms with Gasteiger partial charge in [0.25, 0.3) is 0 Å². The van der Waals surface area contributed by atoms with Gasteiger partial charge in [-0.3, -0.25) is 0 Å². The third kappa shape index (κ3) is 2.18. The molecule has 144 valence electrons. The largest absolute Gasteiger partial charge is 0.390 e. The average molecular weight is 383 g/mol. The Balaban J connectivity index is 1.73. The molecule has 4 aliphatic rings. The van der Waals surface area contributed by atoms with Gasteiger partial charge in [0.2, 0.25) is 0 Å². The summed E-state index contributed by atoms with van der Waals surface area (Å²) < 4.78 is 14.7. The number of rotatable bonds is 0. The minimum absolute atomic E-state index is 0.123. The van der Waals surface area contributed by atoms with Crippen molar-refractivity contribution in [2.75, 3.05) is 0 Å². The van der Waals surface area contributed by atoms with Crippen molar-refractivity contribution < 1.29 is 19.7 Å². The number of hydrogen-bond donors (Lipinski definition) is 3. The monoisotopic (exact) mass is 382 g/mol. The van der Waals surface area contributed by atoms with E-state index in [-0.39, 0.29) is 17.3 Å². The van der Waals surface area contributed by atoms with Gasteiger partial charge in [0, 0.05) is 10.8 Å². The molecule has 4 rings (SSSR count). The van der Waals surface area contributed by atoms with E-state index in [1.54, 1.807) is 0 Å². The van der Waals surface area contributed by atoms with Crippen LogP contribution in [-0.4, -0.2) is 39.3 Å². The lowest BCUT2D eigenvalue weighted by Gasteiger charge is -2.58. The fourth-order valence-corrected chi connectivity index (χ4v) is 7.14. The van der Waals surface area contributed by atoms with Crippen LogP contribution in [0.15, 0.2) is 11.6 Å². The fraction of sp³-hybridized carbons (Fsp3) is 0.810. The van der Waals surface area contributed by atoms with Gasteiger partial charge in [-0.15, -0.1) is 0 Å². The van der Waals surface area contributed by atoms with Crippen LogP contribution < -0.4 is 0 Å². The first-order valence-corrected chi connectivity index (χ1v) is 10.1. The average Bonchev–Trinajstić information content (AvgIpc) is 2.79. The molecular weight excluding hydrogens is 355 g/mol. The van der Waals surface area contributed by atoms with Gasteiger partial charge < -0.3 is 15.3 Å². The predicted molar refractivity (Wildman–Crippen MR) is 98.0 cm³/mol. The van der Waals surface area contributed by atoms with Crippen LogP contribution in [0.4, 0.5) is 4.39 Å². The zero-order valence-electron chi connectivity index (χ0n) is 15.4. The highest BCUT2D eigenvalue weighted by molar-refractivity contribution is 6.30. The zero-order valence-corrected chi connectivity index (χ0v) is 16.1. The molecule has 0 aromatic carbocycles. The smallest absolute Gasteiger partial charge is 0.157 e. The Morgan fingerprint density at radius 2 is 1.92 bits per heavy atom. The molecule has 0 aromatic rings. The maximum absolute atomic E-state index is 14.7. The van der Waals surface area contributed by atoms with Gasteiger partial charge in [0.15, 0.2) is 5.60 Å². The lowest BCUT2D eigenvalue weighted by molar-refractivity contribution is -0.121. The summed E-state index contributed by atoms with van der Waals surface area (Å²) in [5.74, 6) is 3.41. The Hall–Kier alpha value is -0.600. The van der Waals surface area contributed by atoms with Crippen molar-refractivity contribution in [2.45, 2.75) is 76.4 Å². The van der Waals surface area contributed by atoms with Crippen molar-refractivity contribution in [3.05, 3.63) is 11.6 Å². The van der Waals surface area contributed by atoms with Crippen LogP contribution in [-0.2, 0) is 0 Å². The quantitative estimate of drug-likeness (QED) is 0.445. The zero-order chi connectivity index (χ0) is 18.9. The SMILES string of the molecule is C[C@]12CC[C@H](O)[C@H](F)C1=CC[C@@H]1[C@@H]2CC[C@@]2(C)[C@H]1C[C@@H](O)[C@@]2(O)C#CCl. The van der Waals surface area contributed by atoms with E-state index < -0.39 is 29.4 Å². The summed E-state index contributed by atoms with van der Waals surface area (Å²) in [5.41, 5.74) is -1.47. The third-order valence-electron chi connectivity index (χ3n) is 8.58. The van der Waals surface area contributed by atoms with Crippen LogP contribution >= 0.6 is 11.6 Å². The first kappa shape index (κ1) is 18.7. The molecule has 0 unspecified atom stereocenters. The highest BCUT2D eigenvalue weighted by atomic mass is 35.5. The van der Waals surface area contributed by atoms with E-state index in [1.165, 1.54) is 0 Å². The summed E-state index contributed by atoms with van der Waals surface area (Å²) in [6.07, 6.45) is 3.05. The Labute approximate surface area is 159 Å². The normalized spacial score (nSPS) is 55.7. The minimum Gasteiger partial charge on any atom is -0.390 e. The van der Waals surface area contributed by atoms with Crippen molar-refractivity contribution >= 4 is 11.6 Å². The van der Waals surface area contributed by atoms with Gasteiger partial charge in [0.1, 0.15) is 6.17 Å². The highest BCUT2D eigenvalue weighted by Crippen LogP contribution is 2.67. The molecule has 3 saturated carbocycles. The molecule has 0 aliphatic heterocycles. The first-order chi connectivity index (χ1) is 12.2. The van der Waals surface area contributed by atoms with E-state index in [1.807, 2.05) is 13.0 Å². The van der Waals surface area contributed by atoms with E-state index >= 15 is 0 Å². The molecule has 3 nitrogen and oxygen atoms in total. The Morgan fingerprint density at radius 3 is 2.62 bits per heavy atom. The van der Waals surface area contributed by atoms with Crippen LogP contribution in [0.3, 0.4) is 0 Å². The van der Waals surface area contributed by atoms with E-state index in [4.69, 9.17) is 11.6 Å². The Kier molecular flexibility index (Phi) is 4.29. The summed E-state index contributed by atoms with van der Waals surface area (Å²) in [6.45, 7) is 4.17. The number of halogens is 2. The molecule has 26 heavy (non-hydrogen) atoms. The van der Waals surface area contributed by atoms with Gasteiger partial charge in [-0.05, 0) is 84.8 Å². The first-order valence-electron chi connectivity index (χ1n) is 9.75. The second-order valence-electron chi connectivity index (χ2n) is 9.39. The maximum atomic E-state index is 14.7. The molecular formula is C21H28ClFO3. The maximum Gasteiger partial charge on any atom is 0.157 e. The van der Waals surface area contributed by atoms with E-state index in [9.17, 15) is 19.7 Å². The van der Waals surface area contributed by atoms with Crippen LogP contribution in [0.25, 0.3) is 0 Å². The molecule has 3 fully saturated rings. The molecule has 0 heterocycles. The summed E-state index contributed by atoms with van der Waals surface area (Å²) in [4.78, 5) is 0. The molecule has 0 saturated heterocycles. The summed E-state index contributed by atoms with van der Waals surface area (Å²) >= 11 is 5.60. The molecule has 3 N–H and O–H groups in total. The molecule has 5 heteroatoms. The Morgan fingerprint density at radius 1 is 1.19 bits per heavy atom. The third-order valence-corrected chi connectivity index (χ3v) is 8.67. The van der Waals surface area contributed by atoms with Crippen molar-refractivity contribution in [2.24, 2.45) is 28.6 Å². The molecule has 0 aromatic heterocycles. The van der Waals surface area contributed by atoms with Crippen molar-refractivity contribution in [3.8, 4) is 11.3 Å². The second kappa shape index (κ2) is 5.95. The summed E-state index contributed by atoms with van der Waals surface area (Å²) in [6, 6.07) is 0. The van der Waals surface area contributed by atoms with E-state index in [0.29, 0.717) is 18.8 Å². The standard InChI is InChI=1S/C21H28ClFO3/c1-19-7-6-16(24)18(23)14(19)4-3-12-13(19)5-8-20(2)15(12)11-17(25)21(20,26)9-10-22/h4,12-13,15-18,24-26H,3,5-8,11H2,1-2H3/t12-,13+,15+,16+,17-,18-,19-,20+,21+/m1/s1. The fourth-order valence-electron chi connectivity index (χ4n) is 6.99. The number of alkyl halides is 1. The van der Waals surface area contributed by atoms with Crippen molar-refractivity contribution in [3.63, 3.8) is 0 Å². The second-order valence-corrected chi connectivity index (χ2v) is 9.58. The lowest BCUT2D eigenvalue weighted by atomic mass is 9.47. The van der Waals surface area contributed by atoms with Gasteiger partial charge in [0.05, 0.1) is 12.2 Å². The number of fused-ring (bicyclic) bond motifs is 5. The van der Waals surface area contributed by atoms with Crippen molar-refractivity contribution in [1.82, 2.24) is 0 Å². The van der Waals surface area contributed by atoms with Crippen LogP contribution in [0.2, 0.25) is 0 Å². The van der Waals surface area contributed by atoms with Crippen LogP contribution in [0.5, 0.6) is 0 Å². The summed E-state index contributed by atoms with van der Waals surface area (Å²) in [5, 5.41) is 34.0. The number of allylic oxidation sites excluding steroid dienone is 1. The molecule has 4 aliphatic carbocycles. The van der Waals surface area contributed by atoms with Gasteiger partial charge in [-0.1, -0.05) is 19.9 Å². The molecule has 9 atom stereocenters.